The molecule has 0 bridgehead atoms. The zero-order valence-corrected chi connectivity index (χ0v) is 14.7. The zero-order chi connectivity index (χ0) is 19.0. The maximum Gasteiger partial charge on any atom is 0.480 e. The molecule has 2 heterocycles. The number of aliphatic hydroxyl groups excluding tert-OH is 2. The summed E-state index contributed by atoms with van der Waals surface area (Å²) in [6.45, 7) is -5.65. The number of halogens is 1. The molecule has 1 aromatic heterocycles. The third kappa shape index (κ3) is 5.31. The van der Waals surface area contributed by atoms with E-state index in [1.165, 1.54) is 12.3 Å². The van der Waals surface area contributed by atoms with E-state index in [2.05, 4.69) is 13.8 Å². The number of hydrogen-bond acceptors (Lipinski definition) is 10. The Labute approximate surface area is 144 Å². The van der Waals surface area contributed by atoms with Gasteiger partial charge in [-0.2, -0.15) is 9.29 Å². The minimum atomic E-state index is -5.04. The van der Waals surface area contributed by atoms with Crippen molar-refractivity contribution in [1.82, 2.24) is 9.55 Å². The van der Waals surface area contributed by atoms with Crippen molar-refractivity contribution in [2.75, 3.05) is 12.3 Å². The Morgan fingerprint density at radius 2 is 2.00 bits per heavy atom. The second-order valence-corrected chi connectivity index (χ2v) is 8.92. The summed E-state index contributed by atoms with van der Waals surface area (Å²) in [6.07, 6.45) is -4.80. The van der Waals surface area contributed by atoms with Gasteiger partial charge in [-0.05, 0) is 6.07 Å². The van der Waals surface area contributed by atoms with E-state index in [4.69, 9.17) is 26.6 Å². The summed E-state index contributed by atoms with van der Waals surface area (Å²) in [5.74, 6) is -0.0676. The van der Waals surface area contributed by atoms with Crippen LogP contribution in [0.4, 0.5) is 5.82 Å². The molecule has 1 fully saturated rings. The molecular formula is C9H14ClN3O10P2. The summed E-state index contributed by atoms with van der Waals surface area (Å²) < 4.78 is 36.4. The van der Waals surface area contributed by atoms with Crippen molar-refractivity contribution in [3.63, 3.8) is 0 Å². The van der Waals surface area contributed by atoms with Crippen LogP contribution in [0.5, 0.6) is 0 Å². The quantitative estimate of drug-likeness (QED) is 0.348. The van der Waals surface area contributed by atoms with Crippen LogP contribution in [0.2, 0.25) is 0 Å². The predicted molar refractivity (Wildman–Crippen MR) is 81.4 cm³/mol. The highest BCUT2D eigenvalue weighted by Gasteiger charge is 2.45. The van der Waals surface area contributed by atoms with Gasteiger partial charge in [-0.3, -0.25) is 9.09 Å². The molecule has 0 aromatic carbocycles. The number of rotatable bonds is 6. The molecule has 0 saturated carbocycles. The topological polar surface area (TPSA) is 204 Å². The van der Waals surface area contributed by atoms with E-state index in [0.29, 0.717) is 0 Å². The molecule has 2 unspecified atom stereocenters. The van der Waals surface area contributed by atoms with E-state index in [0.717, 1.165) is 4.57 Å². The standard InChI is InChI=1S/C9H14ClN3O10P2/c10-24(17,18)23-25(19,20)21-3-4-6(14)7(15)8(22-4)13-2-1-5(11)12-9(13)16/h1-2,4,6-8,14-15H,3H2,(H,17,18)(H,19,20)(H2,11,12,16)/t4-,6-,7-,8-/m1/s1. The molecule has 1 aromatic rings. The van der Waals surface area contributed by atoms with Crippen molar-refractivity contribution < 1.29 is 42.7 Å². The van der Waals surface area contributed by atoms with Crippen LogP contribution in [0.25, 0.3) is 0 Å². The second-order valence-electron chi connectivity index (χ2n) is 4.89. The molecule has 16 heteroatoms. The van der Waals surface area contributed by atoms with Gasteiger partial charge < -0.3 is 30.5 Å². The van der Waals surface area contributed by atoms with E-state index >= 15 is 0 Å². The third-order valence-electron chi connectivity index (χ3n) is 3.07. The number of anilines is 1. The Morgan fingerprint density at radius 3 is 2.56 bits per heavy atom. The van der Waals surface area contributed by atoms with E-state index < -0.39 is 51.6 Å². The molecule has 1 aliphatic heterocycles. The lowest BCUT2D eigenvalue weighted by atomic mass is 10.1. The van der Waals surface area contributed by atoms with Crippen molar-refractivity contribution in [2.45, 2.75) is 24.5 Å². The van der Waals surface area contributed by atoms with Crippen LogP contribution in [0.15, 0.2) is 17.1 Å². The first-order valence-electron chi connectivity index (χ1n) is 6.47. The first-order chi connectivity index (χ1) is 11.4. The third-order valence-corrected chi connectivity index (χ3v) is 5.73. The van der Waals surface area contributed by atoms with Crippen LogP contribution in [0.1, 0.15) is 6.23 Å². The normalized spacial score (nSPS) is 31.4. The zero-order valence-electron chi connectivity index (χ0n) is 12.2. The van der Waals surface area contributed by atoms with Crippen molar-refractivity contribution >= 4 is 31.8 Å². The summed E-state index contributed by atoms with van der Waals surface area (Å²) in [6, 6.07) is 1.25. The Balaban J connectivity index is 2.08. The molecule has 6 N–H and O–H groups in total. The van der Waals surface area contributed by atoms with Crippen molar-refractivity contribution in [2.24, 2.45) is 0 Å². The Hall–Kier alpha value is -0.850. The molecule has 1 aliphatic rings. The van der Waals surface area contributed by atoms with Gasteiger partial charge in [-0.15, -0.1) is 0 Å². The van der Waals surface area contributed by atoms with Crippen LogP contribution in [0, 0.1) is 0 Å². The molecule has 6 atom stereocenters. The average molecular weight is 422 g/mol. The molecular weight excluding hydrogens is 408 g/mol. The van der Waals surface area contributed by atoms with Crippen molar-refractivity contribution in [3.05, 3.63) is 22.7 Å². The van der Waals surface area contributed by atoms with Crippen LogP contribution >= 0.6 is 26.0 Å². The number of aromatic nitrogens is 2. The number of ether oxygens (including phenoxy) is 1. The number of nitrogen functional groups attached to an aromatic ring is 1. The fourth-order valence-electron chi connectivity index (χ4n) is 2.03. The summed E-state index contributed by atoms with van der Waals surface area (Å²) in [4.78, 5) is 33.1. The Kier molecular flexibility index (Phi) is 6.07. The number of nitrogens with two attached hydrogens (primary N) is 1. The highest BCUT2D eigenvalue weighted by Crippen LogP contribution is 2.62. The highest BCUT2D eigenvalue weighted by molar-refractivity contribution is 7.84. The highest BCUT2D eigenvalue weighted by atomic mass is 35.7. The minimum absolute atomic E-state index is 0.0676. The molecule has 0 amide bonds. The fraction of sp³-hybridized carbons (Fsp3) is 0.556. The number of aliphatic hydroxyl groups is 2. The van der Waals surface area contributed by atoms with E-state index in [-0.39, 0.29) is 5.82 Å². The average Bonchev–Trinajstić information content (AvgIpc) is 2.71. The molecule has 0 aliphatic carbocycles. The molecule has 25 heavy (non-hydrogen) atoms. The van der Waals surface area contributed by atoms with Crippen molar-refractivity contribution in [3.8, 4) is 0 Å². The van der Waals surface area contributed by atoms with Gasteiger partial charge in [0.1, 0.15) is 24.1 Å². The Bertz CT molecular complexity index is 783. The summed E-state index contributed by atoms with van der Waals surface area (Å²) in [5, 5.41) is 19.9. The molecule has 13 nitrogen and oxygen atoms in total. The molecule has 2 rings (SSSR count). The first-order valence-corrected chi connectivity index (χ1v) is 10.4. The number of phosphoric acid groups is 1. The number of phosphoric ester groups is 1. The van der Waals surface area contributed by atoms with Gasteiger partial charge in [-0.1, -0.05) is 0 Å². The van der Waals surface area contributed by atoms with Gasteiger partial charge in [0.15, 0.2) is 6.23 Å². The first kappa shape index (κ1) is 20.5. The maximum absolute atomic E-state index is 11.7. The van der Waals surface area contributed by atoms with Crippen molar-refractivity contribution in [1.29, 1.82) is 0 Å². The summed E-state index contributed by atoms with van der Waals surface area (Å²) in [7, 11) is -5.04. The van der Waals surface area contributed by atoms with E-state index in [1.807, 2.05) is 0 Å². The minimum Gasteiger partial charge on any atom is -0.387 e. The van der Waals surface area contributed by atoms with Gasteiger partial charge in [0.25, 0.3) is 0 Å². The summed E-state index contributed by atoms with van der Waals surface area (Å²) >= 11 is 4.80. The number of hydrogen-bond donors (Lipinski definition) is 5. The summed E-state index contributed by atoms with van der Waals surface area (Å²) in [5.41, 5.74) is 4.47. The SMILES string of the molecule is Nc1ccn([C@@H]2O[C@H](COP(=O)(O)OP(=O)(O)Cl)[C@@H](O)[C@H]2O)c(=O)n1. The largest absolute Gasteiger partial charge is 0.480 e. The number of nitrogens with zero attached hydrogens (tertiary/aromatic N) is 2. The Morgan fingerprint density at radius 1 is 1.36 bits per heavy atom. The lowest BCUT2D eigenvalue weighted by molar-refractivity contribution is -0.0539. The van der Waals surface area contributed by atoms with Crippen LogP contribution in [0.3, 0.4) is 0 Å². The van der Waals surface area contributed by atoms with E-state index in [1.54, 1.807) is 0 Å². The van der Waals surface area contributed by atoms with Gasteiger partial charge in [0, 0.05) is 17.4 Å². The lowest BCUT2D eigenvalue weighted by Gasteiger charge is -2.17. The smallest absolute Gasteiger partial charge is 0.387 e. The predicted octanol–water partition coefficient (Wildman–Crippen LogP) is -1.08. The molecule has 0 spiro atoms. The fourth-order valence-corrected chi connectivity index (χ4v) is 4.28. The maximum atomic E-state index is 11.7. The molecule has 142 valence electrons. The molecule has 0 radical (unpaired) electrons. The second kappa shape index (κ2) is 7.41. The van der Waals surface area contributed by atoms with Gasteiger partial charge in [0.2, 0.25) is 0 Å². The monoisotopic (exact) mass is 421 g/mol. The van der Waals surface area contributed by atoms with Gasteiger partial charge in [0.05, 0.1) is 6.61 Å². The molecule has 1 saturated heterocycles. The van der Waals surface area contributed by atoms with Gasteiger partial charge in [-0.25, -0.2) is 13.9 Å². The van der Waals surface area contributed by atoms with E-state index in [9.17, 15) is 29.0 Å². The lowest BCUT2D eigenvalue weighted by Crippen LogP contribution is -2.36. The van der Waals surface area contributed by atoms with Gasteiger partial charge >= 0.3 is 20.5 Å². The van der Waals surface area contributed by atoms with Crippen LogP contribution in [-0.4, -0.2) is 54.5 Å². The van der Waals surface area contributed by atoms with Crippen LogP contribution in [-0.2, 0) is 22.7 Å². The van der Waals surface area contributed by atoms with Crippen LogP contribution < -0.4 is 11.4 Å².